The molecule has 1 aromatic rings. The summed E-state index contributed by atoms with van der Waals surface area (Å²) < 4.78 is 1.40. The van der Waals surface area contributed by atoms with Gasteiger partial charge in [0.2, 0.25) is 6.33 Å². The second-order valence-corrected chi connectivity index (χ2v) is 1.21. The molecule has 1 aromatic heterocycles. The zero-order valence-electron chi connectivity index (χ0n) is 4.44. The van der Waals surface area contributed by atoms with E-state index in [0.717, 1.165) is 0 Å². The van der Waals surface area contributed by atoms with Gasteiger partial charge in [0, 0.05) is 6.20 Å². The van der Waals surface area contributed by atoms with E-state index >= 15 is 0 Å². The van der Waals surface area contributed by atoms with Gasteiger partial charge in [-0.2, -0.15) is 4.68 Å². The van der Waals surface area contributed by atoms with Gasteiger partial charge in [-0.3, -0.25) is 0 Å². The average Bonchev–Trinajstić information content (AvgIpc) is 2.19. The summed E-state index contributed by atoms with van der Waals surface area (Å²) in [6.45, 7) is 1.88. The number of hydrogen-bond donors (Lipinski definition) is 0. The summed E-state index contributed by atoms with van der Waals surface area (Å²) in [5.74, 6) is 0. The van der Waals surface area contributed by atoms with Crippen LogP contribution in [0.25, 0.3) is 6.20 Å². The minimum Gasteiger partial charge on any atom is -0.197 e. The van der Waals surface area contributed by atoms with Gasteiger partial charge in [-0.05, 0) is 17.4 Å². The summed E-state index contributed by atoms with van der Waals surface area (Å²) in [6, 6.07) is 0. The fourth-order valence-electron chi connectivity index (χ4n) is 0.353. The lowest BCUT2D eigenvalue weighted by molar-refractivity contribution is 0.817. The highest BCUT2D eigenvalue weighted by atomic mass is 15.5. The van der Waals surface area contributed by atoms with Crippen molar-refractivity contribution < 1.29 is 0 Å². The normalized spacial score (nSPS) is 10.6. The number of nitrogens with zero attached hydrogens (tertiary/aromatic N) is 4. The Balaban J connectivity index is 2.77. The molecule has 0 aliphatic carbocycles. The van der Waals surface area contributed by atoms with Crippen LogP contribution in [0.5, 0.6) is 0 Å². The molecule has 0 bridgehead atoms. The van der Waals surface area contributed by atoms with Crippen molar-refractivity contribution in [1.29, 1.82) is 0 Å². The molecule has 0 aliphatic rings. The molecule has 0 saturated heterocycles. The number of tetrazole rings is 1. The SMILES string of the molecule is C/C=C\n1[c]nnn1. The van der Waals surface area contributed by atoms with Crippen LogP contribution < -0.4 is 0 Å². The van der Waals surface area contributed by atoms with E-state index in [1.807, 2.05) is 13.0 Å². The summed E-state index contributed by atoms with van der Waals surface area (Å²) in [7, 11) is 0. The predicted octanol–water partition coefficient (Wildman–Crippen LogP) is -0.0361. The molecular weight excluding hydrogens is 104 g/mol. The molecule has 0 N–H and O–H groups in total. The van der Waals surface area contributed by atoms with Crippen LogP contribution in [0, 0.1) is 6.33 Å². The first-order chi connectivity index (χ1) is 3.93. The highest BCUT2D eigenvalue weighted by Crippen LogP contribution is 1.75. The van der Waals surface area contributed by atoms with E-state index in [9.17, 15) is 0 Å². The zero-order valence-corrected chi connectivity index (χ0v) is 4.44. The van der Waals surface area contributed by atoms with Crippen molar-refractivity contribution in [2.45, 2.75) is 6.92 Å². The van der Waals surface area contributed by atoms with Gasteiger partial charge >= 0.3 is 0 Å². The number of hydrogen-bond acceptors (Lipinski definition) is 3. The Morgan fingerprint density at radius 2 is 2.50 bits per heavy atom. The highest BCUT2D eigenvalue weighted by Gasteiger charge is 1.80. The smallest absolute Gasteiger partial charge is 0.197 e. The Labute approximate surface area is 46.8 Å². The molecule has 0 atom stereocenters. The first kappa shape index (κ1) is 4.96. The minimum absolute atomic E-state index is 1.40. The second-order valence-electron chi connectivity index (χ2n) is 1.21. The summed E-state index contributed by atoms with van der Waals surface area (Å²) in [6.07, 6.45) is 6.03. The molecule has 1 rings (SSSR count). The molecule has 0 aliphatic heterocycles. The lowest BCUT2D eigenvalue weighted by Crippen LogP contribution is -1.85. The Hall–Kier alpha value is -1.19. The van der Waals surface area contributed by atoms with Crippen LogP contribution >= 0.6 is 0 Å². The molecule has 41 valence electrons. The van der Waals surface area contributed by atoms with Crippen LogP contribution in [0.2, 0.25) is 0 Å². The zero-order chi connectivity index (χ0) is 5.82. The van der Waals surface area contributed by atoms with Crippen molar-refractivity contribution >= 4 is 6.20 Å². The minimum atomic E-state index is 1.40. The largest absolute Gasteiger partial charge is 0.226 e. The third-order valence-corrected chi connectivity index (χ3v) is 0.619. The van der Waals surface area contributed by atoms with Crippen LogP contribution in [-0.4, -0.2) is 20.2 Å². The van der Waals surface area contributed by atoms with Crippen molar-refractivity contribution in [3.8, 4) is 0 Å². The van der Waals surface area contributed by atoms with Crippen LogP contribution in [-0.2, 0) is 0 Å². The Kier molecular flexibility index (Phi) is 1.37. The molecule has 1 radical (unpaired) electrons. The van der Waals surface area contributed by atoms with E-state index in [4.69, 9.17) is 0 Å². The monoisotopic (exact) mass is 109 g/mol. The van der Waals surface area contributed by atoms with E-state index < -0.39 is 0 Å². The summed E-state index contributed by atoms with van der Waals surface area (Å²) >= 11 is 0. The topological polar surface area (TPSA) is 43.6 Å². The average molecular weight is 109 g/mol. The first-order valence-corrected chi connectivity index (χ1v) is 2.22. The van der Waals surface area contributed by atoms with E-state index in [0.29, 0.717) is 0 Å². The van der Waals surface area contributed by atoms with Crippen molar-refractivity contribution in [2.75, 3.05) is 0 Å². The summed E-state index contributed by atoms with van der Waals surface area (Å²) in [4.78, 5) is 0. The molecule has 0 amide bonds. The Bertz CT molecular complexity index is 164. The second kappa shape index (κ2) is 2.20. The first-order valence-electron chi connectivity index (χ1n) is 2.22. The van der Waals surface area contributed by atoms with Crippen molar-refractivity contribution in [3.63, 3.8) is 0 Å². The molecule has 0 spiro atoms. The molecule has 0 fully saturated rings. The maximum absolute atomic E-state index is 3.52. The van der Waals surface area contributed by atoms with E-state index in [2.05, 4.69) is 21.9 Å². The number of rotatable bonds is 1. The fourth-order valence-corrected chi connectivity index (χ4v) is 0.353. The maximum atomic E-state index is 3.52. The van der Waals surface area contributed by atoms with Crippen LogP contribution in [0.3, 0.4) is 0 Å². The van der Waals surface area contributed by atoms with Crippen molar-refractivity contribution in [2.24, 2.45) is 0 Å². The molecule has 4 nitrogen and oxygen atoms in total. The molecule has 0 saturated carbocycles. The van der Waals surface area contributed by atoms with Gasteiger partial charge in [0.15, 0.2) is 0 Å². The van der Waals surface area contributed by atoms with E-state index in [1.54, 1.807) is 6.20 Å². The summed E-state index contributed by atoms with van der Waals surface area (Å²) in [5.41, 5.74) is 0. The van der Waals surface area contributed by atoms with Gasteiger partial charge in [-0.25, -0.2) is 0 Å². The molecule has 8 heavy (non-hydrogen) atoms. The highest BCUT2D eigenvalue weighted by molar-refractivity contribution is 5.15. The van der Waals surface area contributed by atoms with Gasteiger partial charge in [0.05, 0.1) is 0 Å². The van der Waals surface area contributed by atoms with Crippen LogP contribution in [0.1, 0.15) is 6.92 Å². The van der Waals surface area contributed by atoms with Gasteiger partial charge in [0.1, 0.15) is 0 Å². The maximum Gasteiger partial charge on any atom is 0.226 e. The van der Waals surface area contributed by atoms with Gasteiger partial charge in [-0.1, -0.05) is 6.08 Å². The third-order valence-electron chi connectivity index (χ3n) is 0.619. The number of allylic oxidation sites excluding steroid dienone is 1. The molecule has 1 heterocycles. The van der Waals surface area contributed by atoms with Crippen LogP contribution in [0.15, 0.2) is 6.08 Å². The standard InChI is InChI=1S/C4H5N4/c1-2-3-8-4-5-6-7-8/h2-3H,1H3/b3-2-. The lowest BCUT2D eigenvalue weighted by atomic mass is 10.7. The Morgan fingerprint density at radius 1 is 1.62 bits per heavy atom. The van der Waals surface area contributed by atoms with Crippen LogP contribution in [0.4, 0.5) is 0 Å². The van der Waals surface area contributed by atoms with Crippen molar-refractivity contribution in [3.05, 3.63) is 12.4 Å². The molecule has 0 aromatic carbocycles. The van der Waals surface area contributed by atoms with E-state index in [-0.39, 0.29) is 0 Å². The lowest BCUT2D eigenvalue weighted by Gasteiger charge is -1.77. The van der Waals surface area contributed by atoms with Gasteiger partial charge in [0.25, 0.3) is 0 Å². The van der Waals surface area contributed by atoms with Gasteiger partial charge < -0.3 is 0 Å². The molecule has 4 heteroatoms. The van der Waals surface area contributed by atoms with Gasteiger partial charge in [-0.15, -0.1) is 5.10 Å². The molecular formula is C4H5N4. The van der Waals surface area contributed by atoms with E-state index in [1.165, 1.54) is 4.68 Å². The van der Waals surface area contributed by atoms with Crippen molar-refractivity contribution in [1.82, 2.24) is 20.2 Å². The predicted molar refractivity (Wildman–Crippen MR) is 27.7 cm³/mol. The third kappa shape index (κ3) is 0.900. The molecule has 0 unspecified atom stereocenters. The number of aromatic nitrogens is 4. The Morgan fingerprint density at radius 3 is 3.00 bits per heavy atom. The summed E-state index contributed by atoms with van der Waals surface area (Å²) in [5, 5.41) is 10.2. The fraction of sp³-hybridized carbons (Fsp3) is 0.250. The quantitative estimate of drug-likeness (QED) is 0.508.